The second-order valence-electron chi connectivity index (χ2n) is 4.02. The van der Waals surface area contributed by atoms with Crippen LogP contribution in [-0.2, 0) is 0 Å². The fourth-order valence-electron chi connectivity index (χ4n) is 1.87. The number of anilines is 2. The smallest absolute Gasteiger partial charge is 0.229 e. The quantitative estimate of drug-likeness (QED) is 0.754. The minimum Gasteiger partial charge on any atom is -0.324 e. The van der Waals surface area contributed by atoms with Gasteiger partial charge in [0.1, 0.15) is 6.07 Å². The summed E-state index contributed by atoms with van der Waals surface area (Å²) in [6.45, 7) is 0. The number of hydrogen-bond acceptors (Lipinski definition) is 4. The third-order valence-corrected chi connectivity index (χ3v) is 2.74. The Balaban J connectivity index is 2.08. The summed E-state index contributed by atoms with van der Waals surface area (Å²) in [7, 11) is 0. The largest absolute Gasteiger partial charge is 0.324 e. The maximum atomic E-state index is 9.16. The van der Waals surface area contributed by atoms with E-state index < -0.39 is 0 Å². The number of nitriles is 1. The normalized spacial score (nSPS) is 10.1. The van der Waals surface area contributed by atoms with E-state index in [4.69, 9.17) is 5.26 Å². The number of nitrogens with one attached hydrogen (secondary N) is 1. The van der Waals surface area contributed by atoms with Crippen LogP contribution in [0.1, 0.15) is 5.69 Å². The highest BCUT2D eigenvalue weighted by Crippen LogP contribution is 2.19. The van der Waals surface area contributed by atoms with Crippen LogP contribution in [0.2, 0.25) is 0 Å². The van der Waals surface area contributed by atoms with Crippen LogP contribution in [0, 0.1) is 11.3 Å². The van der Waals surface area contributed by atoms with Crippen LogP contribution < -0.4 is 5.32 Å². The lowest BCUT2D eigenvalue weighted by molar-refractivity contribution is 1.19. The van der Waals surface area contributed by atoms with E-state index >= 15 is 0 Å². The van der Waals surface area contributed by atoms with E-state index in [0.717, 1.165) is 16.6 Å². The van der Waals surface area contributed by atoms with Crippen molar-refractivity contribution in [1.82, 2.24) is 9.97 Å². The fourth-order valence-corrected chi connectivity index (χ4v) is 1.87. The zero-order valence-electron chi connectivity index (χ0n) is 10.0. The van der Waals surface area contributed by atoms with Crippen molar-refractivity contribution in [3.8, 4) is 6.07 Å². The molecule has 3 rings (SSSR count). The SMILES string of the molecule is N#Cc1nc(Nc2ccccc2)nc2ccccc12. The van der Waals surface area contributed by atoms with Crippen LogP contribution in [0.5, 0.6) is 0 Å². The van der Waals surface area contributed by atoms with Gasteiger partial charge in [-0.1, -0.05) is 30.3 Å². The van der Waals surface area contributed by atoms with Crippen molar-refractivity contribution >= 4 is 22.5 Å². The number of benzene rings is 2. The molecule has 0 bridgehead atoms. The predicted molar refractivity (Wildman–Crippen MR) is 74.0 cm³/mol. The predicted octanol–water partition coefficient (Wildman–Crippen LogP) is 3.25. The molecule has 0 spiro atoms. The first-order chi connectivity index (χ1) is 9.36. The summed E-state index contributed by atoms with van der Waals surface area (Å²) in [5.41, 5.74) is 2.03. The number of para-hydroxylation sites is 2. The lowest BCUT2D eigenvalue weighted by Crippen LogP contribution is -1.99. The number of rotatable bonds is 2. The minimum atomic E-state index is 0.379. The third-order valence-electron chi connectivity index (χ3n) is 2.74. The molecule has 0 fully saturated rings. The number of nitrogens with zero attached hydrogens (tertiary/aromatic N) is 3. The van der Waals surface area contributed by atoms with Crippen LogP contribution in [0.4, 0.5) is 11.6 Å². The van der Waals surface area contributed by atoms with Crippen molar-refractivity contribution < 1.29 is 0 Å². The van der Waals surface area contributed by atoms with E-state index in [-0.39, 0.29) is 0 Å². The molecule has 0 radical (unpaired) electrons. The van der Waals surface area contributed by atoms with Gasteiger partial charge < -0.3 is 5.32 Å². The van der Waals surface area contributed by atoms with E-state index in [9.17, 15) is 0 Å². The van der Waals surface area contributed by atoms with E-state index in [1.54, 1.807) is 0 Å². The average Bonchev–Trinajstić information content (AvgIpc) is 2.47. The summed E-state index contributed by atoms with van der Waals surface area (Å²) in [4.78, 5) is 8.64. The first-order valence-electron chi connectivity index (χ1n) is 5.86. The molecule has 0 atom stereocenters. The molecule has 4 nitrogen and oxygen atoms in total. The van der Waals surface area contributed by atoms with Crippen molar-refractivity contribution in [2.24, 2.45) is 0 Å². The molecule has 2 aromatic carbocycles. The Kier molecular flexibility index (Phi) is 2.79. The minimum absolute atomic E-state index is 0.379. The van der Waals surface area contributed by atoms with E-state index in [1.807, 2.05) is 54.6 Å². The Morgan fingerprint density at radius 1 is 0.895 bits per heavy atom. The van der Waals surface area contributed by atoms with Crippen LogP contribution in [0.25, 0.3) is 10.9 Å². The standard InChI is InChI=1S/C15H10N4/c16-10-14-12-8-4-5-9-13(12)18-15(19-14)17-11-6-2-1-3-7-11/h1-9H,(H,17,18,19). The highest BCUT2D eigenvalue weighted by Gasteiger charge is 2.06. The first-order valence-corrected chi connectivity index (χ1v) is 5.86. The van der Waals surface area contributed by atoms with Crippen molar-refractivity contribution in [2.75, 3.05) is 5.32 Å². The van der Waals surface area contributed by atoms with Crippen LogP contribution >= 0.6 is 0 Å². The molecule has 90 valence electrons. The molecule has 1 N–H and O–H groups in total. The van der Waals surface area contributed by atoms with Gasteiger partial charge in [0.05, 0.1) is 5.52 Å². The van der Waals surface area contributed by atoms with Gasteiger partial charge in [-0.3, -0.25) is 0 Å². The molecule has 4 heteroatoms. The van der Waals surface area contributed by atoms with Crippen molar-refractivity contribution in [2.45, 2.75) is 0 Å². The summed E-state index contributed by atoms with van der Waals surface area (Å²) >= 11 is 0. The molecule has 0 aliphatic carbocycles. The molecule has 0 saturated carbocycles. The lowest BCUT2D eigenvalue weighted by Gasteiger charge is -2.06. The fraction of sp³-hybridized carbons (Fsp3) is 0. The molecule has 0 amide bonds. The number of fused-ring (bicyclic) bond motifs is 1. The highest BCUT2D eigenvalue weighted by molar-refractivity contribution is 5.84. The average molecular weight is 246 g/mol. The van der Waals surface area contributed by atoms with Gasteiger partial charge in [-0.15, -0.1) is 0 Å². The lowest BCUT2D eigenvalue weighted by atomic mass is 10.2. The Labute approximate surface area is 110 Å². The van der Waals surface area contributed by atoms with Crippen molar-refractivity contribution in [3.05, 3.63) is 60.3 Å². The summed E-state index contributed by atoms with van der Waals surface area (Å²) < 4.78 is 0. The number of hydrogen-bond donors (Lipinski definition) is 1. The summed E-state index contributed by atoms with van der Waals surface area (Å²) in [6, 6.07) is 19.2. The van der Waals surface area contributed by atoms with Gasteiger partial charge in [0.25, 0.3) is 0 Å². The molecule has 0 aliphatic rings. The van der Waals surface area contributed by atoms with Gasteiger partial charge in [-0.2, -0.15) is 5.26 Å². The van der Waals surface area contributed by atoms with Crippen LogP contribution in [-0.4, -0.2) is 9.97 Å². The maximum absolute atomic E-state index is 9.16. The molecule has 0 saturated heterocycles. The molecule has 1 heterocycles. The zero-order chi connectivity index (χ0) is 13.1. The zero-order valence-corrected chi connectivity index (χ0v) is 10.0. The monoisotopic (exact) mass is 246 g/mol. The number of aromatic nitrogens is 2. The first kappa shape index (κ1) is 11.2. The van der Waals surface area contributed by atoms with Gasteiger partial charge in [0.2, 0.25) is 5.95 Å². The second kappa shape index (κ2) is 4.75. The summed E-state index contributed by atoms with van der Waals surface area (Å²) in [6.07, 6.45) is 0. The van der Waals surface area contributed by atoms with Crippen molar-refractivity contribution in [1.29, 1.82) is 5.26 Å². The molecule has 3 aromatic rings. The topological polar surface area (TPSA) is 61.6 Å². The second-order valence-corrected chi connectivity index (χ2v) is 4.02. The highest BCUT2D eigenvalue weighted by atomic mass is 15.1. The maximum Gasteiger partial charge on any atom is 0.229 e. The summed E-state index contributed by atoms with van der Waals surface area (Å²) in [5, 5.41) is 13.0. The van der Waals surface area contributed by atoms with Gasteiger partial charge in [0, 0.05) is 11.1 Å². The summed E-state index contributed by atoms with van der Waals surface area (Å²) in [5.74, 6) is 0.432. The van der Waals surface area contributed by atoms with Crippen molar-refractivity contribution in [3.63, 3.8) is 0 Å². The van der Waals surface area contributed by atoms with Gasteiger partial charge in [-0.25, -0.2) is 9.97 Å². The molecule has 1 aromatic heterocycles. The van der Waals surface area contributed by atoms with E-state index in [2.05, 4.69) is 21.4 Å². The van der Waals surface area contributed by atoms with Gasteiger partial charge in [-0.05, 0) is 24.3 Å². The van der Waals surface area contributed by atoms with Crippen LogP contribution in [0.15, 0.2) is 54.6 Å². The molecule has 0 unspecified atom stereocenters. The van der Waals surface area contributed by atoms with E-state index in [1.165, 1.54) is 0 Å². The molecule has 0 aliphatic heterocycles. The molecular formula is C15H10N4. The molecule has 19 heavy (non-hydrogen) atoms. The van der Waals surface area contributed by atoms with Gasteiger partial charge in [0.15, 0.2) is 5.69 Å². The Morgan fingerprint density at radius 3 is 2.42 bits per heavy atom. The Bertz CT molecular complexity index is 760. The van der Waals surface area contributed by atoms with Gasteiger partial charge >= 0.3 is 0 Å². The van der Waals surface area contributed by atoms with E-state index in [0.29, 0.717) is 11.6 Å². The molecular weight excluding hydrogens is 236 g/mol. The third kappa shape index (κ3) is 2.22. The Hall–Kier alpha value is -2.93. The Morgan fingerprint density at radius 2 is 1.63 bits per heavy atom. The van der Waals surface area contributed by atoms with Crippen LogP contribution in [0.3, 0.4) is 0 Å².